The van der Waals surface area contributed by atoms with Crippen molar-refractivity contribution >= 4 is 31.8 Å². The first kappa shape index (κ1) is 10.5. The lowest BCUT2D eigenvalue weighted by molar-refractivity contribution is 0.403. The summed E-state index contributed by atoms with van der Waals surface area (Å²) in [5, 5.41) is 1.61. The fraction of sp³-hybridized carbons (Fsp3) is 0.100. The van der Waals surface area contributed by atoms with Gasteiger partial charge in [-0.15, -0.1) is 0 Å². The number of fused-ring (bicyclic) bond motifs is 1. The van der Waals surface area contributed by atoms with Crippen molar-refractivity contribution in [2.45, 2.75) is 4.90 Å². The molecule has 0 spiro atoms. The van der Waals surface area contributed by atoms with Crippen LogP contribution in [0.1, 0.15) is 0 Å². The molecule has 15 heavy (non-hydrogen) atoms. The van der Waals surface area contributed by atoms with Crippen LogP contribution in [0.2, 0.25) is 0 Å². The molecule has 0 amide bonds. The second-order valence-corrected chi connectivity index (χ2v) is 4.62. The molecular formula is C10H8ClNO2S. The standard InChI is InChI=1S/C10H8ClNO2S/c1-14-10-8-3-2-4-9(15(11)13)7(8)5-6-12-10/h2-6H,1H3. The largest absolute Gasteiger partial charge is 0.594 e. The predicted molar refractivity (Wildman–Crippen MR) is 60.6 cm³/mol. The maximum absolute atomic E-state index is 11.3. The second-order valence-electron chi connectivity index (χ2n) is 2.89. The topological polar surface area (TPSA) is 45.2 Å². The van der Waals surface area contributed by atoms with Gasteiger partial charge in [0.1, 0.15) is 10.4 Å². The number of aromatic nitrogens is 1. The van der Waals surface area contributed by atoms with E-state index < -0.39 is 10.4 Å². The third kappa shape index (κ3) is 1.88. The first-order chi connectivity index (χ1) is 7.24. The Bertz CT molecular complexity index is 490. The van der Waals surface area contributed by atoms with E-state index >= 15 is 0 Å². The van der Waals surface area contributed by atoms with Crippen LogP contribution in [0.15, 0.2) is 35.4 Å². The maximum atomic E-state index is 11.3. The van der Waals surface area contributed by atoms with E-state index in [4.69, 9.17) is 15.4 Å². The average Bonchev–Trinajstić information content (AvgIpc) is 2.27. The lowest BCUT2D eigenvalue weighted by Gasteiger charge is -2.06. The van der Waals surface area contributed by atoms with Gasteiger partial charge in [0, 0.05) is 17.0 Å². The first-order valence-electron chi connectivity index (χ1n) is 4.24. The number of pyridine rings is 1. The minimum atomic E-state index is -1.52. The number of nitrogens with zero attached hydrogens (tertiary/aromatic N) is 1. The van der Waals surface area contributed by atoms with E-state index in [1.165, 1.54) is 0 Å². The Hall–Kier alpha value is -0.970. The van der Waals surface area contributed by atoms with E-state index in [0.29, 0.717) is 10.8 Å². The highest BCUT2D eigenvalue weighted by Crippen LogP contribution is 2.29. The minimum Gasteiger partial charge on any atom is -0.594 e. The highest BCUT2D eigenvalue weighted by atomic mass is 35.7. The van der Waals surface area contributed by atoms with Crippen LogP contribution in [0.25, 0.3) is 10.8 Å². The average molecular weight is 242 g/mol. The number of benzene rings is 1. The fourth-order valence-corrected chi connectivity index (χ4v) is 2.39. The van der Waals surface area contributed by atoms with E-state index in [0.717, 1.165) is 10.8 Å². The van der Waals surface area contributed by atoms with E-state index in [2.05, 4.69) is 4.98 Å². The van der Waals surface area contributed by atoms with Gasteiger partial charge in [-0.05, 0) is 18.2 Å². The molecule has 0 saturated carbocycles. The molecule has 0 radical (unpaired) electrons. The van der Waals surface area contributed by atoms with Crippen molar-refractivity contribution in [3.05, 3.63) is 30.5 Å². The Labute approximate surface area is 94.7 Å². The van der Waals surface area contributed by atoms with Crippen LogP contribution in [-0.4, -0.2) is 16.6 Å². The normalized spacial score (nSPS) is 12.7. The number of methoxy groups -OCH3 is 1. The highest BCUT2D eigenvalue weighted by Gasteiger charge is 2.14. The van der Waals surface area contributed by atoms with Crippen LogP contribution in [0.3, 0.4) is 0 Å². The van der Waals surface area contributed by atoms with Gasteiger partial charge in [-0.3, -0.25) is 0 Å². The molecule has 0 aliphatic carbocycles. The van der Waals surface area contributed by atoms with E-state index in [-0.39, 0.29) is 0 Å². The van der Waals surface area contributed by atoms with Crippen molar-refractivity contribution in [2.24, 2.45) is 0 Å². The van der Waals surface area contributed by atoms with Crippen LogP contribution in [-0.2, 0) is 10.4 Å². The van der Waals surface area contributed by atoms with Crippen molar-refractivity contribution in [3.63, 3.8) is 0 Å². The summed E-state index contributed by atoms with van der Waals surface area (Å²) in [6, 6.07) is 7.13. The van der Waals surface area contributed by atoms with E-state index in [1.807, 2.05) is 6.07 Å². The van der Waals surface area contributed by atoms with Gasteiger partial charge in [0.2, 0.25) is 5.88 Å². The molecule has 0 aliphatic heterocycles. The Morgan fingerprint density at radius 3 is 2.80 bits per heavy atom. The molecule has 0 fully saturated rings. The summed E-state index contributed by atoms with van der Waals surface area (Å²) in [6.07, 6.45) is 1.61. The van der Waals surface area contributed by atoms with Crippen molar-refractivity contribution in [3.8, 4) is 5.88 Å². The molecule has 1 aromatic heterocycles. The predicted octanol–water partition coefficient (Wildman–Crippen LogP) is 2.50. The number of ether oxygens (including phenoxy) is 1. The number of hydrogen-bond donors (Lipinski definition) is 0. The zero-order valence-electron chi connectivity index (χ0n) is 7.94. The number of hydrogen-bond acceptors (Lipinski definition) is 3. The summed E-state index contributed by atoms with van der Waals surface area (Å²) >= 11 is 0. The molecule has 1 aromatic carbocycles. The molecule has 5 heteroatoms. The van der Waals surface area contributed by atoms with Crippen LogP contribution in [0.4, 0.5) is 0 Å². The molecular weight excluding hydrogens is 234 g/mol. The third-order valence-corrected chi connectivity index (χ3v) is 3.30. The molecule has 0 bridgehead atoms. The summed E-state index contributed by atoms with van der Waals surface area (Å²) in [5.74, 6) is 0.511. The third-order valence-electron chi connectivity index (χ3n) is 2.10. The monoisotopic (exact) mass is 241 g/mol. The van der Waals surface area contributed by atoms with Crippen LogP contribution in [0, 0.1) is 0 Å². The number of rotatable bonds is 2. The lowest BCUT2D eigenvalue weighted by Crippen LogP contribution is -1.94. The summed E-state index contributed by atoms with van der Waals surface area (Å²) in [6.45, 7) is 0. The molecule has 2 rings (SSSR count). The van der Waals surface area contributed by atoms with Gasteiger partial charge in [0.15, 0.2) is 15.6 Å². The molecule has 3 nitrogen and oxygen atoms in total. The minimum absolute atomic E-state index is 0.511. The van der Waals surface area contributed by atoms with Gasteiger partial charge in [-0.2, -0.15) is 0 Å². The van der Waals surface area contributed by atoms with Crippen molar-refractivity contribution in [1.82, 2.24) is 4.98 Å². The molecule has 1 atom stereocenters. The molecule has 78 valence electrons. The zero-order chi connectivity index (χ0) is 10.8. The van der Waals surface area contributed by atoms with Gasteiger partial charge >= 0.3 is 0 Å². The van der Waals surface area contributed by atoms with Crippen molar-refractivity contribution in [1.29, 1.82) is 0 Å². The second kappa shape index (κ2) is 4.26. The summed E-state index contributed by atoms with van der Waals surface area (Å²) in [7, 11) is 5.61. The molecule has 1 heterocycles. The first-order valence-corrected chi connectivity index (χ1v) is 6.21. The zero-order valence-corrected chi connectivity index (χ0v) is 9.51. The highest BCUT2D eigenvalue weighted by molar-refractivity contribution is 8.13. The van der Waals surface area contributed by atoms with Gasteiger partial charge in [0.05, 0.1) is 7.11 Å². The summed E-state index contributed by atoms with van der Waals surface area (Å²) in [5.41, 5.74) is 0. The Kier molecular flexibility index (Phi) is 3.00. The van der Waals surface area contributed by atoms with E-state index in [9.17, 15) is 4.55 Å². The molecule has 2 aromatic rings. The Morgan fingerprint density at radius 2 is 2.13 bits per heavy atom. The smallest absolute Gasteiger partial charge is 0.221 e. The van der Waals surface area contributed by atoms with Crippen LogP contribution in [0.5, 0.6) is 5.88 Å². The molecule has 0 aliphatic rings. The van der Waals surface area contributed by atoms with Gasteiger partial charge < -0.3 is 9.29 Å². The van der Waals surface area contributed by atoms with Gasteiger partial charge in [0.25, 0.3) is 0 Å². The van der Waals surface area contributed by atoms with E-state index in [1.54, 1.807) is 31.5 Å². The van der Waals surface area contributed by atoms with Gasteiger partial charge in [-0.25, -0.2) is 4.98 Å². The molecule has 0 saturated heterocycles. The maximum Gasteiger partial charge on any atom is 0.221 e. The molecule has 0 N–H and O–H groups in total. The van der Waals surface area contributed by atoms with Gasteiger partial charge in [-0.1, -0.05) is 6.07 Å². The quantitative estimate of drug-likeness (QED) is 0.759. The SMILES string of the molecule is COc1nccc2c([S+]([O-])Cl)cccc12. The Balaban J connectivity index is 2.76. The molecule has 1 unspecified atom stereocenters. The summed E-state index contributed by atoms with van der Waals surface area (Å²) in [4.78, 5) is 4.64. The number of halogens is 1. The van der Waals surface area contributed by atoms with Crippen molar-refractivity contribution in [2.75, 3.05) is 7.11 Å². The summed E-state index contributed by atoms with van der Waals surface area (Å²) < 4.78 is 16.4. The van der Waals surface area contributed by atoms with Crippen LogP contribution >= 0.6 is 10.7 Å². The van der Waals surface area contributed by atoms with Crippen molar-refractivity contribution < 1.29 is 9.29 Å². The Morgan fingerprint density at radius 1 is 1.33 bits per heavy atom. The fourth-order valence-electron chi connectivity index (χ4n) is 1.45. The van der Waals surface area contributed by atoms with Crippen LogP contribution < -0.4 is 4.74 Å². The lowest BCUT2D eigenvalue weighted by atomic mass is 10.2.